The van der Waals surface area contributed by atoms with Gasteiger partial charge in [0, 0.05) is 45.0 Å². The lowest BCUT2D eigenvalue weighted by molar-refractivity contribution is -0.0705. The van der Waals surface area contributed by atoms with Crippen molar-refractivity contribution in [3.63, 3.8) is 0 Å². The van der Waals surface area contributed by atoms with Crippen molar-refractivity contribution in [1.29, 1.82) is 0 Å². The van der Waals surface area contributed by atoms with Crippen LogP contribution >= 0.6 is 11.8 Å². The Kier molecular flexibility index (Phi) is 7.23. The van der Waals surface area contributed by atoms with Gasteiger partial charge in [0.1, 0.15) is 0 Å². The molecule has 2 unspecified atom stereocenters. The smallest absolute Gasteiger partial charge is 0.317 e. The van der Waals surface area contributed by atoms with Crippen molar-refractivity contribution in [3.05, 3.63) is 35.4 Å². The summed E-state index contributed by atoms with van der Waals surface area (Å²) in [7, 11) is 0. The Bertz CT molecular complexity index is 580. The minimum atomic E-state index is 0.0657. The van der Waals surface area contributed by atoms with Crippen molar-refractivity contribution >= 4 is 17.8 Å². The molecule has 2 aliphatic heterocycles. The zero-order valence-electron chi connectivity index (χ0n) is 15.9. The molecule has 0 aromatic heterocycles. The first-order valence-electron chi connectivity index (χ1n) is 9.67. The van der Waals surface area contributed by atoms with Gasteiger partial charge >= 0.3 is 6.03 Å². The average molecular weight is 378 g/mol. The summed E-state index contributed by atoms with van der Waals surface area (Å²) in [5.41, 5.74) is 2.50. The average Bonchev–Trinajstić information content (AvgIpc) is 2.89. The van der Waals surface area contributed by atoms with Crippen LogP contribution in [0.25, 0.3) is 0 Å². The van der Waals surface area contributed by atoms with Crippen LogP contribution in [0.2, 0.25) is 0 Å². The van der Waals surface area contributed by atoms with Crippen LogP contribution in [0.3, 0.4) is 0 Å². The van der Waals surface area contributed by atoms with E-state index in [0.29, 0.717) is 6.54 Å². The summed E-state index contributed by atoms with van der Waals surface area (Å²) in [4.78, 5) is 16.9. The monoisotopic (exact) mass is 377 g/mol. The molecule has 0 radical (unpaired) electrons. The summed E-state index contributed by atoms with van der Waals surface area (Å²) in [5.74, 6) is 2.19. The van der Waals surface area contributed by atoms with E-state index in [0.717, 1.165) is 50.7 Å². The lowest BCUT2D eigenvalue weighted by Crippen LogP contribution is -2.45. The van der Waals surface area contributed by atoms with Gasteiger partial charge in [0.15, 0.2) is 0 Å². The lowest BCUT2D eigenvalue weighted by Gasteiger charge is -2.35. The molecule has 1 N–H and O–H groups in total. The molecule has 0 aliphatic carbocycles. The third kappa shape index (κ3) is 5.63. The molecular formula is C20H31N3O2S. The molecule has 0 saturated carbocycles. The number of carbonyl (C=O) groups excluding carboxylic acids is 1. The standard InChI is InChI=1S/C20H31N3O2S/c1-16-13-22(14-17(2)25-16)15-19-7-4-3-6-18(19)12-21-20(24)23-8-5-10-26-11-9-23/h3-4,6-7,16-17H,5,8-15H2,1-2H3,(H,21,24). The number of benzene rings is 1. The summed E-state index contributed by atoms with van der Waals surface area (Å²) < 4.78 is 5.83. The van der Waals surface area contributed by atoms with Gasteiger partial charge < -0.3 is 15.0 Å². The number of nitrogens with one attached hydrogen (secondary N) is 1. The third-order valence-electron chi connectivity index (χ3n) is 4.95. The fourth-order valence-electron chi connectivity index (χ4n) is 3.77. The Labute approximate surface area is 161 Å². The Morgan fingerprint density at radius 3 is 2.65 bits per heavy atom. The van der Waals surface area contributed by atoms with Crippen molar-refractivity contribution < 1.29 is 9.53 Å². The molecule has 6 heteroatoms. The van der Waals surface area contributed by atoms with Crippen molar-refractivity contribution in [2.24, 2.45) is 0 Å². The first kappa shape index (κ1) is 19.5. The van der Waals surface area contributed by atoms with Crippen LogP contribution in [0.5, 0.6) is 0 Å². The highest BCUT2D eigenvalue weighted by atomic mass is 32.2. The first-order chi connectivity index (χ1) is 12.6. The number of carbonyl (C=O) groups is 1. The van der Waals surface area contributed by atoms with Gasteiger partial charge in [-0.2, -0.15) is 11.8 Å². The quantitative estimate of drug-likeness (QED) is 0.876. The van der Waals surface area contributed by atoms with E-state index in [1.165, 1.54) is 11.1 Å². The molecule has 144 valence electrons. The van der Waals surface area contributed by atoms with Gasteiger partial charge in [0.05, 0.1) is 12.2 Å². The van der Waals surface area contributed by atoms with Gasteiger partial charge in [0.25, 0.3) is 0 Å². The summed E-state index contributed by atoms with van der Waals surface area (Å²) in [6, 6.07) is 8.50. The predicted octanol–water partition coefficient (Wildman–Crippen LogP) is 2.94. The molecule has 1 aromatic rings. The van der Waals surface area contributed by atoms with Gasteiger partial charge in [-0.1, -0.05) is 24.3 Å². The normalized spacial score (nSPS) is 24.9. The van der Waals surface area contributed by atoms with Crippen LogP contribution in [0.1, 0.15) is 31.4 Å². The highest BCUT2D eigenvalue weighted by molar-refractivity contribution is 7.99. The second-order valence-corrected chi connectivity index (χ2v) is 8.56. The molecule has 0 bridgehead atoms. The molecule has 2 amide bonds. The van der Waals surface area contributed by atoms with Crippen molar-refractivity contribution in [3.8, 4) is 0 Å². The largest absolute Gasteiger partial charge is 0.373 e. The molecule has 2 saturated heterocycles. The number of nitrogens with zero attached hydrogens (tertiary/aromatic N) is 2. The van der Waals surface area contributed by atoms with Gasteiger partial charge in [-0.15, -0.1) is 0 Å². The van der Waals surface area contributed by atoms with E-state index in [1.54, 1.807) is 0 Å². The predicted molar refractivity (Wildman–Crippen MR) is 107 cm³/mol. The molecule has 3 rings (SSSR count). The van der Waals surface area contributed by atoms with E-state index < -0.39 is 0 Å². The number of morpholine rings is 1. The van der Waals surface area contributed by atoms with Crippen LogP contribution < -0.4 is 5.32 Å². The maximum Gasteiger partial charge on any atom is 0.317 e. The molecular weight excluding hydrogens is 346 g/mol. The highest BCUT2D eigenvalue weighted by Gasteiger charge is 2.23. The summed E-state index contributed by atoms with van der Waals surface area (Å²) in [5, 5.41) is 3.13. The zero-order chi connectivity index (χ0) is 18.4. The van der Waals surface area contributed by atoms with E-state index in [9.17, 15) is 4.79 Å². The number of thioether (sulfide) groups is 1. The van der Waals surface area contributed by atoms with Crippen molar-refractivity contribution in [2.75, 3.05) is 37.7 Å². The summed E-state index contributed by atoms with van der Waals surface area (Å²) in [6.07, 6.45) is 1.63. The first-order valence-corrected chi connectivity index (χ1v) is 10.8. The van der Waals surface area contributed by atoms with Gasteiger partial charge in [0.2, 0.25) is 0 Å². The molecule has 5 nitrogen and oxygen atoms in total. The van der Waals surface area contributed by atoms with Gasteiger partial charge in [-0.3, -0.25) is 4.90 Å². The number of hydrogen-bond donors (Lipinski definition) is 1. The Balaban J connectivity index is 1.57. The van der Waals surface area contributed by atoms with E-state index >= 15 is 0 Å². The van der Waals surface area contributed by atoms with Crippen molar-refractivity contribution in [2.45, 2.75) is 45.6 Å². The minimum Gasteiger partial charge on any atom is -0.373 e. The van der Waals surface area contributed by atoms with Crippen LogP contribution in [0, 0.1) is 0 Å². The number of ether oxygens (including phenoxy) is 1. The Hall–Kier alpha value is -1.24. The fraction of sp³-hybridized carbons (Fsp3) is 0.650. The fourth-order valence-corrected chi connectivity index (χ4v) is 4.66. The van der Waals surface area contributed by atoms with E-state index in [1.807, 2.05) is 16.7 Å². The second-order valence-electron chi connectivity index (χ2n) is 7.33. The molecule has 26 heavy (non-hydrogen) atoms. The SMILES string of the molecule is CC1CN(Cc2ccccc2CNC(=O)N2CCCSCC2)CC(C)O1. The zero-order valence-corrected chi connectivity index (χ0v) is 16.8. The topological polar surface area (TPSA) is 44.8 Å². The molecule has 2 fully saturated rings. The molecule has 2 heterocycles. The maximum absolute atomic E-state index is 12.5. The molecule has 0 spiro atoms. The lowest BCUT2D eigenvalue weighted by atomic mass is 10.1. The molecule has 1 aromatic carbocycles. The Morgan fingerprint density at radius 1 is 1.15 bits per heavy atom. The van der Waals surface area contributed by atoms with Crippen molar-refractivity contribution in [1.82, 2.24) is 15.1 Å². The van der Waals surface area contributed by atoms with Crippen LogP contribution in [0.4, 0.5) is 4.79 Å². The van der Waals surface area contributed by atoms with Crippen LogP contribution in [-0.4, -0.2) is 65.7 Å². The summed E-state index contributed by atoms with van der Waals surface area (Å²) >= 11 is 1.94. The van der Waals surface area contributed by atoms with Crippen LogP contribution in [0.15, 0.2) is 24.3 Å². The summed E-state index contributed by atoms with van der Waals surface area (Å²) in [6.45, 7) is 9.39. The van der Waals surface area contributed by atoms with Gasteiger partial charge in [-0.25, -0.2) is 4.79 Å². The number of hydrogen-bond acceptors (Lipinski definition) is 4. The van der Waals surface area contributed by atoms with E-state index in [4.69, 9.17) is 4.74 Å². The second kappa shape index (κ2) is 9.62. The van der Waals surface area contributed by atoms with Gasteiger partial charge in [-0.05, 0) is 37.1 Å². The highest BCUT2D eigenvalue weighted by Crippen LogP contribution is 2.17. The van der Waals surface area contributed by atoms with E-state index in [2.05, 4.69) is 48.3 Å². The van der Waals surface area contributed by atoms with E-state index in [-0.39, 0.29) is 18.2 Å². The number of urea groups is 1. The van der Waals surface area contributed by atoms with Crippen LogP contribution in [-0.2, 0) is 17.8 Å². The Morgan fingerprint density at radius 2 is 1.88 bits per heavy atom. The maximum atomic E-state index is 12.5. The number of rotatable bonds is 4. The minimum absolute atomic E-state index is 0.0657. The third-order valence-corrected chi connectivity index (χ3v) is 6.00. The molecule has 2 aliphatic rings. The molecule has 2 atom stereocenters. The number of amides is 2.